The third kappa shape index (κ3) is 66.2. The molecule has 1 atom stereocenters. The molecule has 0 aliphatic rings. The van der Waals surface area contributed by atoms with Crippen molar-refractivity contribution >= 4 is 17.9 Å². The van der Waals surface area contributed by atoms with Crippen molar-refractivity contribution < 1.29 is 28.6 Å². The second kappa shape index (κ2) is 68.9. The quantitative estimate of drug-likeness (QED) is 0.0261. The van der Waals surface area contributed by atoms with Crippen molar-refractivity contribution in [3.8, 4) is 0 Å². The Morgan fingerprint density at radius 3 is 0.700 bits per heavy atom. The Kier molecular flexibility index (Phi) is 66.6. The van der Waals surface area contributed by atoms with E-state index in [2.05, 4.69) is 69.4 Å². The van der Waals surface area contributed by atoms with E-state index in [0.717, 1.165) is 64.2 Å². The van der Waals surface area contributed by atoms with Crippen LogP contribution in [-0.4, -0.2) is 37.2 Å². The van der Waals surface area contributed by atoms with Crippen LogP contribution < -0.4 is 0 Å². The molecule has 0 fully saturated rings. The van der Waals surface area contributed by atoms with Crippen LogP contribution in [0.25, 0.3) is 0 Å². The minimum absolute atomic E-state index is 0.0723. The van der Waals surface area contributed by atoms with Crippen molar-refractivity contribution in [2.24, 2.45) is 0 Å². The van der Waals surface area contributed by atoms with E-state index in [0.29, 0.717) is 19.3 Å². The molecule has 80 heavy (non-hydrogen) atoms. The summed E-state index contributed by atoms with van der Waals surface area (Å²) in [6, 6.07) is 0. The van der Waals surface area contributed by atoms with E-state index in [4.69, 9.17) is 14.2 Å². The van der Waals surface area contributed by atoms with E-state index in [-0.39, 0.29) is 31.1 Å². The van der Waals surface area contributed by atoms with Crippen molar-refractivity contribution in [2.75, 3.05) is 13.2 Å². The lowest BCUT2D eigenvalue weighted by atomic mass is 10.0. The standard InChI is InChI=1S/C74H136O6/c1-4-7-10-13-16-19-22-25-28-31-34-35-36-37-38-39-41-43-46-49-52-55-58-61-64-67-73(76)79-70-71(69-78-72(75)66-63-60-57-54-51-48-45-42-33-30-27-24-21-18-15-12-9-6-3)80-74(77)68-65-62-59-56-53-50-47-44-40-32-29-26-23-20-17-14-11-8-5-2/h22,25-26,29-31,33-34,71H,4-21,23-24,27-28,32,35-70H2,1-3H3/b25-22-,29-26-,33-30-,34-31-. The Balaban J connectivity index is 4.31. The fourth-order valence-corrected chi connectivity index (χ4v) is 10.6. The van der Waals surface area contributed by atoms with Crippen LogP contribution in [-0.2, 0) is 28.6 Å². The molecule has 0 heterocycles. The number of rotatable bonds is 66. The monoisotopic (exact) mass is 1120 g/mol. The van der Waals surface area contributed by atoms with Crippen LogP contribution >= 0.6 is 0 Å². The van der Waals surface area contributed by atoms with Gasteiger partial charge in [0.25, 0.3) is 0 Å². The number of ether oxygens (including phenoxy) is 3. The molecule has 0 aliphatic carbocycles. The van der Waals surface area contributed by atoms with E-state index in [9.17, 15) is 14.4 Å². The third-order valence-electron chi connectivity index (χ3n) is 16.0. The highest BCUT2D eigenvalue weighted by atomic mass is 16.6. The first-order chi connectivity index (χ1) is 39.5. The molecule has 468 valence electrons. The van der Waals surface area contributed by atoms with Crippen LogP contribution in [0.5, 0.6) is 0 Å². The fraction of sp³-hybridized carbons (Fsp3) is 0.851. The summed E-state index contributed by atoms with van der Waals surface area (Å²) >= 11 is 0. The molecule has 0 radical (unpaired) electrons. The number of esters is 3. The summed E-state index contributed by atoms with van der Waals surface area (Å²) in [6.45, 7) is 6.69. The van der Waals surface area contributed by atoms with Gasteiger partial charge >= 0.3 is 17.9 Å². The van der Waals surface area contributed by atoms with Crippen LogP contribution in [0.15, 0.2) is 48.6 Å². The molecule has 1 unspecified atom stereocenters. The minimum Gasteiger partial charge on any atom is -0.462 e. The van der Waals surface area contributed by atoms with Crippen molar-refractivity contribution in [3.63, 3.8) is 0 Å². The lowest BCUT2D eigenvalue weighted by molar-refractivity contribution is -0.167. The molecule has 0 N–H and O–H groups in total. The summed E-state index contributed by atoms with van der Waals surface area (Å²) in [5, 5.41) is 0. The number of carbonyl (C=O) groups is 3. The summed E-state index contributed by atoms with van der Waals surface area (Å²) < 4.78 is 17.0. The summed E-state index contributed by atoms with van der Waals surface area (Å²) in [5.74, 6) is -0.853. The normalized spacial score (nSPS) is 12.3. The van der Waals surface area contributed by atoms with Crippen LogP contribution in [0.3, 0.4) is 0 Å². The number of allylic oxidation sites excluding steroid dienone is 8. The lowest BCUT2D eigenvalue weighted by Crippen LogP contribution is -2.30. The van der Waals surface area contributed by atoms with E-state index in [1.54, 1.807) is 0 Å². The average molecular weight is 1120 g/mol. The van der Waals surface area contributed by atoms with Gasteiger partial charge in [-0.15, -0.1) is 0 Å². The summed E-state index contributed by atoms with van der Waals surface area (Å²) in [5.41, 5.74) is 0. The van der Waals surface area contributed by atoms with Gasteiger partial charge in [-0.05, 0) is 103 Å². The van der Waals surface area contributed by atoms with Crippen LogP contribution in [0, 0.1) is 0 Å². The van der Waals surface area contributed by atoms with Gasteiger partial charge in [0.05, 0.1) is 0 Å². The first-order valence-electron chi connectivity index (χ1n) is 35.6. The molecule has 6 nitrogen and oxygen atoms in total. The van der Waals surface area contributed by atoms with Gasteiger partial charge in [-0.3, -0.25) is 14.4 Å². The lowest BCUT2D eigenvalue weighted by Gasteiger charge is -2.18. The van der Waals surface area contributed by atoms with Crippen molar-refractivity contribution in [3.05, 3.63) is 48.6 Å². The van der Waals surface area contributed by atoms with Crippen LogP contribution in [0.2, 0.25) is 0 Å². The van der Waals surface area contributed by atoms with Gasteiger partial charge in [0, 0.05) is 19.3 Å². The van der Waals surface area contributed by atoms with E-state index in [1.165, 1.54) is 283 Å². The average Bonchev–Trinajstić information content (AvgIpc) is 3.46. The molecule has 0 aliphatic heterocycles. The van der Waals surface area contributed by atoms with E-state index >= 15 is 0 Å². The number of hydrogen-bond acceptors (Lipinski definition) is 6. The Labute approximate surface area is 498 Å². The summed E-state index contributed by atoms with van der Waals surface area (Å²) in [7, 11) is 0. The fourth-order valence-electron chi connectivity index (χ4n) is 10.6. The van der Waals surface area contributed by atoms with Crippen LogP contribution in [0.1, 0.15) is 387 Å². The SMILES string of the molecule is CCCCCCC/C=C\C/C=C\CCCCCCCCCCCCCCCC(=O)OCC(COC(=O)CCCCCCCCC/C=C\CCCCCCCCC)OC(=O)CCCCCCCCCCC/C=C\CCCCCCCC. The molecule has 0 spiro atoms. The smallest absolute Gasteiger partial charge is 0.306 e. The van der Waals surface area contributed by atoms with Gasteiger partial charge in [0.1, 0.15) is 13.2 Å². The maximum absolute atomic E-state index is 13.0. The predicted octanol–water partition coefficient (Wildman–Crippen LogP) is 24.5. The van der Waals surface area contributed by atoms with Crippen molar-refractivity contribution in [2.45, 2.75) is 393 Å². The Morgan fingerprint density at radius 1 is 0.250 bits per heavy atom. The van der Waals surface area contributed by atoms with E-state index < -0.39 is 6.10 Å². The highest BCUT2D eigenvalue weighted by Crippen LogP contribution is 2.18. The van der Waals surface area contributed by atoms with Gasteiger partial charge in [-0.1, -0.05) is 313 Å². The Morgan fingerprint density at radius 2 is 0.450 bits per heavy atom. The maximum Gasteiger partial charge on any atom is 0.306 e. The zero-order valence-corrected chi connectivity index (χ0v) is 53.9. The van der Waals surface area contributed by atoms with Gasteiger partial charge in [-0.25, -0.2) is 0 Å². The Bertz CT molecular complexity index is 1380. The molecule has 0 saturated carbocycles. The summed E-state index contributed by atoms with van der Waals surface area (Å²) in [6.07, 6.45) is 87.0. The zero-order chi connectivity index (χ0) is 57.8. The molecule has 0 amide bonds. The molecule has 0 saturated heterocycles. The first kappa shape index (κ1) is 77.4. The topological polar surface area (TPSA) is 78.9 Å². The second-order valence-electron chi connectivity index (χ2n) is 24.1. The predicted molar refractivity (Wildman–Crippen MR) is 349 cm³/mol. The molecule has 0 rings (SSSR count). The van der Waals surface area contributed by atoms with Gasteiger partial charge in [-0.2, -0.15) is 0 Å². The minimum atomic E-state index is -0.777. The van der Waals surface area contributed by atoms with E-state index in [1.807, 2.05) is 0 Å². The Hall–Kier alpha value is -2.63. The van der Waals surface area contributed by atoms with Crippen molar-refractivity contribution in [1.29, 1.82) is 0 Å². The van der Waals surface area contributed by atoms with Crippen LogP contribution in [0.4, 0.5) is 0 Å². The molecule has 0 aromatic heterocycles. The van der Waals surface area contributed by atoms with Gasteiger partial charge in [0.15, 0.2) is 6.10 Å². The highest BCUT2D eigenvalue weighted by Gasteiger charge is 2.19. The molecule has 6 heteroatoms. The molecular weight excluding hydrogens is 985 g/mol. The largest absolute Gasteiger partial charge is 0.462 e. The van der Waals surface area contributed by atoms with Crippen molar-refractivity contribution in [1.82, 2.24) is 0 Å². The second-order valence-corrected chi connectivity index (χ2v) is 24.1. The summed E-state index contributed by atoms with van der Waals surface area (Å²) in [4.78, 5) is 38.5. The first-order valence-corrected chi connectivity index (χ1v) is 35.6. The van der Waals surface area contributed by atoms with Gasteiger partial charge in [0.2, 0.25) is 0 Å². The number of carbonyl (C=O) groups excluding carboxylic acids is 3. The molecule has 0 aromatic carbocycles. The molecular formula is C74H136O6. The van der Waals surface area contributed by atoms with Gasteiger partial charge < -0.3 is 14.2 Å². The molecule has 0 aromatic rings. The molecule has 0 bridgehead atoms. The number of unbranched alkanes of at least 4 members (excludes halogenated alkanes) is 47. The third-order valence-corrected chi connectivity index (χ3v) is 16.0. The highest BCUT2D eigenvalue weighted by molar-refractivity contribution is 5.71. The maximum atomic E-state index is 13.0. The zero-order valence-electron chi connectivity index (χ0n) is 53.9. The number of hydrogen-bond donors (Lipinski definition) is 0.